The number of nitrogens with one attached hydrogen (secondary N) is 2. The first kappa shape index (κ1) is 20.9. The second-order valence-electron chi connectivity index (χ2n) is 9.59. The predicted molar refractivity (Wildman–Crippen MR) is 128 cm³/mol. The second kappa shape index (κ2) is 7.95. The maximum absolute atomic E-state index is 13.0. The molecule has 0 bridgehead atoms. The van der Waals surface area contributed by atoms with Crippen molar-refractivity contribution in [3.8, 4) is 11.6 Å². The Morgan fingerprint density at radius 1 is 1.21 bits per heavy atom. The topological polar surface area (TPSA) is 98.9 Å². The molecule has 2 aliphatic heterocycles. The van der Waals surface area contributed by atoms with Gasteiger partial charge in [0.2, 0.25) is 5.88 Å². The third kappa shape index (κ3) is 3.62. The Morgan fingerprint density at radius 2 is 2.12 bits per heavy atom. The van der Waals surface area contributed by atoms with Gasteiger partial charge in [0.15, 0.2) is 5.82 Å². The largest absolute Gasteiger partial charge is 0.439 e. The Kier molecular flexibility index (Phi) is 4.88. The van der Waals surface area contributed by atoms with Gasteiger partial charge in [0.05, 0.1) is 11.2 Å². The van der Waals surface area contributed by atoms with Crippen LogP contribution in [0, 0.1) is 0 Å². The lowest BCUT2D eigenvalue weighted by atomic mass is 9.89. The summed E-state index contributed by atoms with van der Waals surface area (Å²) in [5, 5.41) is 11.8. The maximum atomic E-state index is 13.0. The minimum atomic E-state index is -0.244. The first-order chi connectivity index (χ1) is 16.5. The molecule has 5 heterocycles. The van der Waals surface area contributed by atoms with E-state index in [0.29, 0.717) is 17.4 Å². The first-order valence-electron chi connectivity index (χ1n) is 11.7. The number of amides is 1. The van der Waals surface area contributed by atoms with Gasteiger partial charge in [0.25, 0.3) is 0 Å². The van der Waals surface area contributed by atoms with Crippen LogP contribution in [-0.2, 0) is 24.9 Å². The molecule has 4 aromatic rings. The van der Waals surface area contributed by atoms with Crippen molar-refractivity contribution in [1.82, 2.24) is 29.6 Å². The van der Waals surface area contributed by atoms with Crippen LogP contribution in [0.25, 0.3) is 10.9 Å². The van der Waals surface area contributed by atoms with E-state index in [1.165, 1.54) is 0 Å². The van der Waals surface area contributed by atoms with E-state index < -0.39 is 0 Å². The number of anilines is 1. The van der Waals surface area contributed by atoms with Gasteiger partial charge in [-0.05, 0) is 50.1 Å². The van der Waals surface area contributed by atoms with Crippen LogP contribution < -0.4 is 15.4 Å². The Labute approximate surface area is 197 Å². The SMILES string of the molecule is CC1(C)CCn2nc(NC(=O)n3ccc4cc(Oc5ncnc6c5CCCNC6)ccc43)cc21. The van der Waals surface area contributed by atoms with E-state index in [0.717, 1.165) is 66.8 Å². The Hall–Kier alpha value is -3.72. The number of ether oxygens (including phenoxy) is 1. The minimum absolute atomic E-state index is 0.0745. The molecular weight excluding hydrogens is 430 g/mol. The summed E-state index contributed by atoms with van der Waals surface area (Å²) in [7, 11) is 0. The summed E-state index contributed by atoms with van der Waals surface area (Å²) in [5.74, 6) is 1.85. The van der Waals surface area contributed by atoms with E-state index in [-0.39, 0.29) is 11.4 Å². The van der Waals surface area contributed by atoms with E-state index in [1.807, 2.05) is 35.0 Å². The molecule has 0 atom stereocenters. The highest BCUT2D eigenvalue weighted by Gasteiger charge is 2.32. The molecule has 0 saturated heterocycles. The summed E-state index contributed by atoms with van der Waals surface area (Å²) < 4.78 is 9.74. The van der Waals surface area contributed by atoms with Crippen LogP contribution >= 0.6 is 0 Å². The number of fused-ring (bicyclic) bond motifs is 3. The predicted octanol–water partition coefficient (Wildman–Crippen LogP) is 4.22. The van der Waals surface area contributed by atoms with Crippen LogP contribution in [0.4, 0.5) is 10.6 Å². The Balaban J connectivity index is 1.23. The van der Waals surface area contributed by atoms with Crippen molar-refractivity contribution in [2.24, 2.45) is 0 Å². The fraction of sp³-hybridized carbons (Fsp3) is 0.360. The van der Waals surface area contributed by atoms with Crippen molar-refractivity contribution in [3.05, 3.63) is 59.8 Å². The van der Waals surface area contributed by atoms with E-state index in [1.54, 1.807) is 17.1 Å². The van der Waals surface area contributed by atoms with Crippen molar-refractivity contribution >= 4 is 22.8 Å². The minimum Gasteiger partial charge on any atom is -0.439 e. The van der Waals surface area contributed by atoms with E-state index >= 15 is 0 Å². The number of benzene rings is 1. The monoisotopic (exact) mass is 457 g/mol. The number of hydrogen-bond donors (Lipinski definition) is 2. The van der Waals surface area contributed by atoms with E-state index in [4.69, 9.17) is 4.74 Å². The molecule has 0 radical (unpaired) electrons. The summed E-state index contributed by atoms with van der Waals surface area (Å²) >= 11 is 0. The molecule has 6 rings (SSSR count). The average Bonchev–Trinajstić information content (AvgIpc) is 3.43. The molecule has 9 heteroatoms. The van der Waals surface area contributed by atoms with Crippen LogP contribution in [0.3, 0.4) is 0 Å². The van der Waals surface area contributed by atoms with Crippen molar-refractivity contribution < 1.29 is 9.53 Å². The molecule has 0 aliphatic carbocycles. The normalized spacial score (nSPS) is 16.6. The van der Waals surface area contributed by atoms with E-state index in [2.05, 4.69) is 39.5 Å². The lowest BCUT2D eigenvalue weighted by Gasteiger charge is -2.14. The summed E-state index contributed by atoms with van der Waals surface area (Å²) in [6, 6.07) is 9.32. The molecule has 1 amide bonds. The van der Waals surface area contributed by atoms with Gasteiger partial charge in [-0.1, -0.05) is 13.8 Å². The van der Waals surface area contributed by atoms with Crippen molar-refractivity contribution in [3.63, 3.8) is 0 Å². The Bertz CT molecular complexity index is 1400. The van der Waals surface area contributed by atoms with Gasteiger partial charge >= 0.3 is 6.03 Å². The fourth-order valence-electron chi connectivity index (χ4n) is 4.87. The Morgan fingerprint density at radius 3 is 3.00 bits per heavy atom. The van der Waals surface area contributed by atoms with Crippen LogP contribution in [0.2, 0.25) is 0 Å². The molecule has 34 heavy (non-hydrogen) atoms. The van der Waals surface area contributed by atoms with Crippen molar-refractivity contribution in [2.45, 2.75) is 51.6 Å². The lowest BCUT2D eigenvalue weighted by Crippen LogP contribution is -2.19. The zero-order chi connectivity index (χ0) is 23.3. The van der Waals surface area contributed by atoms with Crippen molar-refractivity contribution in [1.29, 1.82) is 0 Å². The molecular formula is C25H27N7O2. The number of nitrogens with zero attached hydrogens (tertiary/aromatic N) is 5. The molecule has 0 unspecified atom stereocenters. The number of carbonyl (C=O) groups excluding carboxylic acids is 1. The highest BCUT2D eigenvalue weighted by atomic mass is 16.5. The van der Waals surface area contributed by atoms with Gasteiger partial charge < -0.3 is 10.1 Å². The quantitative estimate of drug-likeness (QED) is 0.478. The zero-order valence-corrected chi connectivity index (χ0v) is 19.3. The van der Waals surface area contributed by atoms with Gasteiger partial charge in [-0.25, -0.2) is 14.8 Å². The molecule has 174 valence electrons. The number of rotatable bonds is 3. The summed E-state index contributed by atoms with van der Waals surface area (Å²) in [4.78, 5) is 21.8. The van der Waals surface area contributed by atoms with Crippen LogP contribution in [0.5, 0.6) is 11.6 Å². The first-order valence-corrected chi connectivity index (χ1v) is 11.7. The number of aromatic nitrogens is 5. The average molecular weight is 458 g/mol. The molecule has 0 fully saturated rings. The third-order valence-corrected chi connectivity index (χ3v) is 6.82. The third-order valence-electron chi connectivity index (χ3n) is 6.82. The molecule has 3 aromatic heterocycles. The van der Waals surface area contributed by atoms with Gasteiger partial charge in [-0.2, -0.15) is 5.10 Å². The van der Waals surface area contributed by atoms with Crippen LogP contribution in [0.15, 0.2) is 42.9 Å². The van der Waals surface area contributed by atoms with Crippen molar-refractivity contribution in [2.75, 3.05) is 11.9 Å². The number of hydrogen-bond acceptors (Lipinski definition) is 6. The van der Waals surface area contributed by atoms with Gasteiger partial charge in [-0.3, -0.25) is 14.6 Å². The molecule has 9 nitrogen and oxygen atoms in total. The highest BCUT2D eigenvalue weighted by Crippen LogP contribution is 2.35. The number of carbonyl (C=O) groups is 1. The zero-order valence-electron chi connectivity index (χ0n) is 19.3. The van der Waals surface area contributed by atoms with Crippen LogP contribution in [0.1, 0.15) is 43.6 Å². The molecule has 0 spiro atoms. The highest BCUT2D eigenvalue weighted by molar-refractivity contribution is 5.98. The van der Waals surface area contributed by atoms with Crippen LogP contribution in [-0.4, -0.2) is 36.9 Å². The van der Waals surface area contributed by atoms with Gasteiger partial charge in [-0.15, -0.1) is 0 Å². The van der Waals surface area contributed by atoms with Gasteiger partial charge in [0, 0.05) is 47.4 Å². The van der Waals surface area contributed by atoms with Gasteiger partial charge in [0.1, 0.15) is 12.1 Å². The molecule has 1 aromatic carbocycles. The molecule has 0 saturated carbocycles. The second-order valence-corrected chi connectivity index (χ2v) is 9.59. The molecule has 2 aliphatic rings. The molecule has 2 N–H and O–H groups in total. The van der Waals surface area contributed by atoms with E-state index in [9.17, 15) is 4.79 Å². The summed E-state index contributed by atoms with van der Waals surface area (Å²) in [6.07, 6.45) is 6.27. The lowest BCUT2D eigenvalue weighted by molar-refractivity contribution is 0.254. The fourth-order valence-corrected chi connectivity index (χ4v) is 4.87. The summed E-state index contributed by atoms with van der Waals surface area (Å²) in [6.45, 7) is 6.96. The standard InChI is InChI=1S/C25H27N7O2/c1-25(2)8-11-32-21(25)13-22(30-32)29-24(33)31-10-7-16-12-17(5-6-20(16)31)34-23-18-4-3-9-26-14-19(18)27-15-28-23/h5-7,10,12-13,15,26H,3-4,8-9,11,14H2,1-2H3,(H,29,30,33). The number of aryl methyl sites for hydroxylation is 1. The summed E-state index contributed by atoms with van der Waals surface area (Å²) in [5.41, 5.74) is 4.06. The maximum Gasteiger partial charge on any atom is 0.331 e. The smallest absolute Gasteiger partial charge is 0.331 e.